The van der Waals surface area contributed by atoms with Gasteiger partial charge in [0, 0.05) is 50.8 Å². The van der Waals surface area contributed by atoms with Crippen LogP contribution < -0.4 is 5.32 Å². The van der Waals surface area contributed by atoms with Gasteiger partial charge in [0.15, 0.2) is 0 Å². The normalized spacial score (nSPS) is 14.9. The molecule has 1 aliphatic heterocycles. The molecule has 4 aromatic rings. The number of para-hydroxylation sites is 1. The number of rotatable bonds is 5. The molecule has 1 aromatic heterocycles. The molecule has 150 valence electrons. The van der Waals surface area contributed by atoms with E-state index in [0.717, 1.165) is 17.5 Å². The summed E-state index contributed by atoms with van der Waals surface area (Å²) in [6, 6.07) is 22.5. The molecule has 2 N–H and O–H groups in total. The Labute approximate surface area is 184 Å². The molecule has 5 heteroatoms. The van der Waals surface area contributed by atoms with E-state index in [2.05, 4.69) is 40.6 Å². The number of aromatic amines is 1. The lowest BCUT2D eigenvalue weighted by molar-refractivity contribution is -0.121. The molecule has 1 unspecified atom stereocenters. The third-order valence-electron chi connectivity index (χ3n) is 5.64. The highest BCUT2D eigenvalue weighted by atomic mass is 35.5. The van der Waals surface area contributed by atoms with Crippen LogP contribution in [0.2, 0.25) is 5.02 Å². The minimum absolute atomic E-state index is 0.0178. The van der Waals surface area contributed by atoms with Crippen LogP contribution in [0, 0.1) is 0 Å². The number of carbonyl (C=O) groups excluding carboxylic acids is 1. The molecule has 0 saturated carbocycles. The van der Waals surface area contributed by atoms with Crippen LogP contribution >= 0.6 is 23.4 Å². The molecule has 1 aliphatic rings. The smallest absolute Gasteiger partial charge is 0.220 e. The second kappa shape index (κ2) is 8.21. The quantitative estimate of drug-likeness (QED) is 0.396. The molecule has 30 heavy (non-hydrogen) atoms. The Hall–Kier alpha value is -2.69. The van der Waals surface area contributed by atoms with E-state index in [1.807, 2.05) is 42.6 Å². The molecule has 5 rings (SSSR count). The fourth-order valence-electron chi connectivity index (χ4n) is 4.18. The summed E-state index contributed by atoms with van der Waals surface area (Å²) in [6.45, 7) is 0.617. The topological polar surface area (TPSA) is 44.9 Å². The zero-order valence-corrected chi connectivity index (χ0v) is 17.9. The molecular weight excluding hydrogens is 412 g/mol. The van der Waals surface area contributed by atoms with Crippen molar-refractivity contribution in [3.05, 3.63) is 94.6 Å². The summed E-state index contributed by atoms with van der Waals surface area (Å²) in [5, 5.41) is 5.04. The van der Waals surface area contributed by atoms with Crippen molar-refractivity contribution in [3.8, 4) is 0 Å². The summed E-state index contributed by atoms with van der Waals surface area (Å²) in [5.74, 6) is 0.0803. The van der Waals surface area contributed by atoms with E-state index in [-0.39, 0.29) is 11.8 Å². The predicted octanol–water partition coefficient (Wildman–Crippen LogP) is 6.17. The second-order valence-corrected chi connectivity index (χ2v) is 9.06. The highest BCUT2D eigenvalue weighted by Crippen LogP contribution is 2.47. The Morgan fingerprint density at radius 2 is 1.80 bits per heavy atom. The molecule has 0 radical (unpaired) electrons. The maximum Gasteiger partial charge on any atom is 0.220 e. The third-order valence-corrected chi connectivity index (χ3v) is 7.06. The Morgan fingerprint density at radius 1 is 1.00 bits per heavy atom. The lowest BCUT2D eigenvalue weighted by Gasteiger charge is -2.27. The summed E-state index contributed by atoms with van der Waals surface area (Å²) >= 11 is 8.03. The number of H-pyrrole nitrogens is 1. The van der Waals surface area contributed by atoms with Crippen molar-refractivity contribution in [2.45, 2.75) is 28.6 Å². The summed E-state index contributed by atoms with van der Waals surface area (Å²) in [6.07, 6.45) is 3.25. The number of aromatic nitrogens is 1. The van der Waals surface area contributed by atoms with E-state index in [1.165, 1.54) is 26.3 Å². The number of nitrogens with one attached hydrogen (secondary N) is 2. The first kappa shape index (κ1) is 19.3. The van der Waals surface area contributed by atoms with Gasteiger partial charge < -0.3 is 10.3 Å². The number of halogens is 1. The van der Waals surface area contributed by atoms with Crippen molar-refractivity contribution in [3.63, 3.8) is 0 Å². The fraction of sp³-hybridized carbons (Fsp3) is 0.160. The number of fused-ring (bicyclic) bond motifs is 3. The van der Waals surface area contributed by atoms with Crippen LogP contribution in [0.3, 0.4) is 0 Å². The van der Waals surface area contributed by atoms with Crippen molar-refractivity contribution in [2.75, 3.05) is 6.54 Å². The van der Waals surface area contributed by atoms with Gasteiger partial charge in [0.25, 0.3) is 0 Å². The van der Waals surface area contributed by atoms with Crippen LogP contribution in [-0.2, 0) is 11.2 Å². The third kappa shape index (κ3) is 3.73. The number of carbonyl (C=O) groups is 1. The predicted molar refractivity (Wildman–Crippen MR) is 123 cm³/mol. The zero-order chi connectivity index (χ0) is 20.5. The van der Waals surface area contributed by atoms with Crippen LogP contribution in [0.5, 0.6) is 0 Å². The van der Waals surface area contributed by atoms with Gasteiger partial charge in [-0.3, -0.25) is 4.79 Å². The van der Waals surface area contributed by atoms with Crippen LogP contribution in [0.15, 0.2) is 82.7 Å². The van der Waals surface area contributed by atoms with E-state index in [4.69, 9.17) is 11.6 Å². The van der Waals surface area contributed by atoms with Crippen LogP contribution in [0.4, 0.5) is 0 Å². The number of amides is 1. The first-order chi connectivity index (χ1) is 14.7. The maximum absolute atomic E-state index is 12.8. The van der Waals surface area contributed by atoms with E-state index in [9.17, 15) is 4.79 Å². The van der Waals surface area contributed by atoms with Crippen molar-refractivity contribution >= 4 is 40.2 Å². The van der Waals surface area contributed by atoms with Gasteiger partial charge in [-0.05, 0) is 53.4 Å². The maximum atomic E-state index is 12.8. The number of hydrogen-bond donors (Lipinski definition) is 2. The molecule has 0 bridgehead atoms. The SMILES string of the molecule is O=C(CC1c2ccccc2Sc2ccc(Cl)cc21)NCCc1c[nH]c2ccccc12. The minimum atomic E-state index is 0.0178. The van der Waals surface area contributed by atoms with Gasteiger partial charge in [-0.2, -0.15) is 0 Å². The molecule has 1 amide bonds. The molecule has 3 aromatic carbocycles. The Kier molecular flexibility index (Phi) is 5.28. The first-order valence-electron chi connectivity index (χ1n) is 10.1. The van der Waals surface area contributed by atoms with E-state index >= 15 is 0 Å². The van der Waals surface area contributed by atoms with E-state index in [1.54, 1.807) is 11.8 Å². The summed E-state index contributed by atoms with van der Waals surface area (Å²) in [4.78, 5) is 18.5. The molecule has 0 saturated heterocycles. The monoisotopic (exact) mass is 432 g/mol. The lowest BCUT2D eigenvalue weighted by Crippen LogP contribution is -2.28. The molecule has 3 nitrogen and oxygen atoms in total. The molecule has 0 fully saturated rings. The number of benzene rings is 3. The minimum Gasteiger partial charge on any atom is -0.361 e. The van der Waals surface area contributed by atoms with Gasteiger partial charge in [-0.15, -0.1) is 0 Å². The van der Waals surface area contributed by atoms with E-state index in [0.29, 0.717) is 18.0 Å². The Balaban J connectivity index is 1.30. The second-order valence-electron chi connectivity index (χ2n) is 7.54. The average Bonchev–Trinajstić information content (AvgIpc) is 3.17. The van der Waals surface area contributed by atoms with Gasteiger partial charge >= 0.3 is 0 Å². The van der Waals surface area contributed by atoms with Crippen LogP contribution in [-0.4, -0.2) is 17.4 Å². The van der Waals surface area contributed by atoms with Crippen molar-refractivity contribution in [1.82, 2.24) is 10.3 Å². The first-order valence-corrected chi connectivity index (χ1v) is 11.3. The fourth-order valence-corrected chi connectivity index (χ4v) is 5.53. The number of hydrogen-bond acceptors (Lipinski definition) is 2. The van der Waals surface area contributed by atoms with E-state index < -0.39 is 0 Å². The Morgan fingerprint density at radius 3 is 2.73 bits per heavy atom. The highest BCUT2D eigenvalue weighted by Gasteiger charge is 2.28. The van der Waals surface area contributed by atoms with Crippen LogP contribution in [0.1, 0.15) is 29.0 Å². The van der Waals surface area contributed by atoms with Gasteiger partial charge in [-0.1, -0.05) is 59.8 Å². The summed E-state index contributed by atoms with van der Waals surface area (Å²) in [5.41, 5.74) is 4.69. The lowest BCUT2D eigenvalue weighted by atomic mass is 9.87. The molecule has 2 heterocycles. The van der Waals surface area contributed by atoms with Gasteiger partial charge in [0.05, 0.1) is 0 Å². The highest BCUT2D eigenvalue weighted by molar-refractivity contribution is 7.99. The largest absolute Gasteiger partial charge is 0.361 e. The molecule has 0 aliphatic carbocycles. The van der Waals surface area contributed by atoms with Crippen molar-refractivity contribution in [1.29, 1.82) is 0 Å². The van der Waals surface area contributed by atoms with Gasteiger partial charge in [-0.25, -0.2) is 0 Å². The summed E-state index contributed by atoms with van der Waals surface area (Å²) in [7, 11) is 0. The average molecular weight is 433 g/mol. The molecule has 1 atom stereocenters. The van der Waals surface area contributed by atoms with Gasteiger partial charge in [0.1, 0.15) is 0 Å². The van der Waals surface area contributed by atoms with Gasteiger partial charge in [0.2, 0.25) is 5.91 Å². The summed E-state index contributed by atoms with van der Waals surface area (Å²) < 4.78 is 0. The molecule has 0 spiro atoms. The molecular formula is C25H21ClN2OS. The standard InChI is InChI=1S/C25H21ClN2OS/c26-17-9-10-24-21(13-17)20(19-6-2-4-8-23(19)30-24)14-25(29)27-12-11-16-15-28-22-7-3-1-5-18(16)22/h1-10,13,15,20,28H,11-12,14H2,(H,27,29). The van der Waals surface area contributed by atoms with Crippen molar-refractivity contribution in [2.24, 2.45) is 0 Å². The van der Waals surface area contributed by atoms with Crippen molar-refractivity contribution < 1.29 is 4.79 Å². The Bertz CT molecular complexity index is 1230. The zero-order valence-electron chi connectivity index (χ0n) is 16.3. The van der Waals surface area contributed by atoms with Crippen LogP contribution in [0.25, 0.3) is 10.9 Å².